The van der Waals surface area contributed by atoms with Crippen molar-refractivity contribution in [3.8, 4) is 0 Å². The topological polar surface area (TPSA) is 70.7 Å². The summed E-state index contributed by atoms with van der Waals surface area (Å²) in [6.07, 6.45) is 5.34. The van der Waals surface area contributed by atoms with Gasteiger partial charge in [0.05, 0.1) is 0 Å². The molecule has 2 N–H and O–H groups in total. The Bertz CT molecular complexity index is 507. The molecule has 0 radical (unpaired) electrons. The summed E-state index contributed by atoms with van der Waals surface area (Å²) in [5.74, 6) is -0.162. The molecular weight excluding hydrogens is 228 g/mol. The van der Waals surface area contributed by atoms with Crippen LogP contribution in [0, 0.1) is 0 Å². The minimum Gasteiger partial charge on any atom is -0.347 e. The van der Waals surface area contributed by atoms with E-state index in [0.29, 0.717) is 12.2 Å². The SMILES string of the molecule is CCCc1cc(C(=O)NCc2ccncc2)n[nH]1. The average Bonchev–Trinajstić information content (AvgIpc) is 2.86. The number of carbonyl (C=O) groups excluding carboxylic acids is 1. The second kappa shape index (κ2) is 5.95. The number of aromatic nitrogens is 3. The van der Waals surface area contributed by atoms with E-state index >= 15 is 0 Å². The molecule has 1 amide bonds. The molecule has 0 aliphatic carbocycles. The first-order chi connectivity index (χ1) is 8.79. The van der Waals surface area contributed by atoms with E-state index in [1.807, 2.05) is 12.1 Å². The zero-order chi connectivity index (χ0) is 12.8. The molecule has 5 nitrogen and oxygen atoms in total. The lowest BCUT2D eigenvalue weighted by atomic mass is 10.2. The number of hydrogen-bond acceptors (Lipinski definition) is 3. The van der Waals surface area contributed by atoms with Gasteiger partial charge in [0.25, 0.3) is 5.91 Å². The minimum atomic E-state index is -0.162. The van der Waals surface area contributed by atoms with Crippen LogP contribution < -0.4 is 5.32 Å². The van der Waals surface area contributed by atoms with Gasteiger partial charge in [0.15, 0.2) is 0 Å². The molecule has 0 saturated carbocycles. The lowest BCUT2D eigenvalue weighted by molar-refractivity contribution is 0.0946. The van der Waals surface area contributed by atoms with Crippen LogP contribution in [0.4, 0.5) is 0 Å². The molecule has 2 aromatic heterocycles. The van der Waals surface area contributed by atoms with Gasteiger partial charge in [-0.05, 0) is 30.2 Å². The molecule has 0 spiro atoms. The fraction of sp³-hybridized carbons (Fsp3) is 0.308. The van der Waals surface area contributed by atoms with Gasteiger partial charge in [0.1, 0.15) is 5.69 Å². The number of aromatic amines is 1. The number of pyridine rings is 1. The lowest BCUT2D eigenvalue weighted by Gasteiger charge is -2.02. The highest BCUT2D eigenvalue weighted by atomic mass is 16.1. The third-order valence-corrected chi connectivity index (χ3v) is 2.59. The molecule has 18 heavy (non-hydrogen) atoms. The normalized spacial score (nSPS) is 10.3. The highest BCUT2D eigenvalue weighted by Crippen LogP contribution is 2.03. The number of hydrogen-bond donors (Lipinski definition) is 2. The molecule has 2 aromatic rings. The number of amides is 1. The summed E-state index contributed by atoms with van der Waals surface area (Å²) in [5, 5.41) is 9.68. The van der Waals surface area contributed by atoms with Crippen LogP contribution in [0.2, 0.25) is 0 Å². The van der Waals surface area contributed by atoms with Gasteiger partial charge in [0.2, 0.25) is 0 Å². The number of carbonyl (C=O) groups is 1. The summed E-state index contributed by atoms with van der Waals surface area (Å²) in [4.78, 5) is 15.8. The third-order valence-electron chi connectivity index (χ3n) is 2.59. The van der Waals surface area contributed by atoms with E-state index in [0.717, 1.165) is 24.1 Å². The van der Waals surface area contributed by atoms with Crippen LogP contribution in [-0.2, 0) is 13.0 Å². The van der Waals surface area contributed by atoms with Crippen molar-refractivity contribution in [1.29, 1.82) is 0 Å². The molecule has 0 atom stereocenters. The van der Waals surface area contributed by atoms with Crippen LogP contribution in [-0.4, -0.2) is 21.1 Å². The van der Waals surface area contributed by atoms with Gasteiger partial charge in [-0.3, -0.25) is 14.9 Å². The lowest BCUT2D eigenvalue weighted by Crippen LogP contribution is -2.23. The van der Waals surface area contributed by atoms with E-state index in [-0.39, 0.29) is 5.91 Å². The van der Waals surface area contributed by atoms with Gasteiger partial charge in [-0.25, -0.2) is 0 Å². The van der Waals surface area contributed by atoms with Gasteiger partial charge in [-0.1, -0.05) is 13.3 Å². The van der Waals surface area contributed by atoms with Gasteiger partial charge in [0, 0.05) is 24.6 Å². The first kappa shape index (κ1) is 12.3. The quantitative estimate of drug-likeness (QED) is 0.840. The van der Waals surface area contributed by atoms with Crippen LogP contribution in [0.15, 0.2) is 30.6 Å². The zero-order valence-corrected chi connectivity index (χ0v) is 10.3. The maximum absolute atomic E-state index is 11.8. The first-order valence-corrected chi connectivity index (χ1v) is 6.01. The average molecular weight is 244 g/mol. The van der Waals surface area contributed by atoms with Crippen molar-refractivity contribution in [2.24, 2.45) is 0 Å². The number of H-pyrrole nitrogens is 1. The van der Waals surface area contributed by atoms with Gasteiger partial charge in [-0.15, -0.1) is 0 Å². The molecule has 0 aliphatic heterocycles. The van der Waals surface area contributed by atoms with Gasteiger partial charge in [-0.2, -0.15) is 5.10 Å². The van der Waals surface area contributed by atoms with Crippen molar-refractivity contribution in [2.75, 3.05) is 0 Å². The smallest absolute Gasteiger partial charge is 0.272 e. The van der Waals surface area contributed by atoms with Crippen molar-refractivity contribution in [3.63, 3.8) is 0 Å². The van der Waals surface area contributed by atoms with Crippen molar-refractivity contribution < 1.29 is 4.79 Å². The molecule has 0 bridgehead atoms. The van der Waals surface area contributed by atoms with Crippen LogP contribution >= 0.6 is 0 Å². The molecule has 94 valence electrons. The second-order valence-electron chi connectivity index (χ2n) is 4.07. The van der Waals surface area contributed by atoms with E-state index in [9.17, 15) is 4.79 Å². The summed E-state index contributed by atoms with van der Waals surface area (Å²) in [7, 11) is 0. The Balaban J connectivity index is 1.91. The van der Waals surface area contributed by atoms with E-state index in [1.165, 1.54) is 0 Å². The number of aryl methyl sites for hydroxylation is 1. The molecule has 5 heteroatoms. The molecular formula is C13H16N4O. The van der Waals surface area contributed by atoms with Crippen molar-refractivity contribution in [2.45, 2.75) is 26.3 Å². The molecule has 0 unspecified atom stereocenters. The molecule has 0 saturated heterocycles. The maximum Gasteiger partial charge on any atom is 0.272 e. The van der Waals surface area contributed by atoms with E-state index in [4.69, 9.17) is 0 Å². The predicted octanol–water partition coefficient (Wildman–Crippen LogP) is 1.69. The van der Waals surface area contributed by atoms with Crippen molar-refractivity contribution in [3.05, 3.63) is 47.5 Å². The Morgan fingerprint density at radius 2 is 2.17 bits per heavy atom. The van der Waals surface area contributed by atoms with Crippen LogP contribution in [0.1, 0.15) is 35.1 Å². The summed E-state index contributed by atoms with van der Waals surface area (Å²) in [6.45, 7) is 2.57. The summed E-state index contributed by atoms with van der Waals surface area (Å²) in [5.41, 5.74) is 2.45. The molecule has 0 aliphatic rings. The largest absolute Gasteiger partial charge is 0.347 e. The van der Waals surface area contributed by atoms with Crippen molar-refractivity contribution >= 4 is 5.91 Å². The highest BCUT2D eigenvalue weighted by Gasteiger charge is 2.09. The first-order valence-electron chi connectivity index (χ1n) is 6.01. The Labute approximate surface area is 106 Å². The second-order valence-corrected chi connectivity index (χ2v) is 4.07. The van der Waals surface area contributed by atoms with E-state index < -0.39 is 0 Å². The van der Waals surface area contributed by atoms with Crippen LogP contribution in [0.3, 0.4) is 0 Å². The van der Waals surface area contributed by atoms with Gasteiger partial charge >= 0.3 is 0 Å². The monoisotopic (exact) mass is 244 g/mol. The molecule has 2 heterocycles. The summed E-state index contributed by atoms with van der Waals surface area (Å²) < 4.78 is 0. The Kier molecular flexibility index (Phi) is 4.06. The van der Waals surface area contributed by atoms with Crippen molar-refractivity contribution in [1.82, 2.24) is 20.5 Å². The third kappa shape index (κ3) is 3.16. The number of nitrogens with one attached hydrogen (secondary N) is 2. The highest BCUT2D eigenvalue weighted by molar-refractivity contribution is 5.92. The van der Waals surface area contributed by atoms with E-state index in [2.05, 4.69) is 27.4 Å². The summed E-state index contributed by atoms with van der Waals surface area (Å²) in [6, 6.07) is 5.53. The summed E-state index contributed by atoms with van der Waals surface area (Å²) >= 11 is 0. The Morgan fingerprint density at radius 3 is 2.89 bits per heavy atom. The predicted molar refractivity (Wildman–Crippen MR) is 68.0 cm³/mol. The molecule has 0 aromatic carbocycles. The Morgan fingerprint density at radius 1 is 1.39 bits per heavy atom. The number of nitrogens with zero attached hydrogens (tertiary/aromatic N) is 2. The molecule has 0 fully saturated rings. The van der Waals surface area contributed by atoms with Gasteiger partial charge < -0.3 is 5.32 Å². The van der Waals surface area contributed by atoms with E-state index in [1.54, 1.807) is 18.5 Å². The number of rotatable bonds is 5. The Hall–Kier alpha value is -2.17. The minimum absolute atomic E-state index is 0.162. The zero-order valence-electron chi connectivity index (χ0n) is 10.3. The maximum atomic E-state index is 11.8. The standard InChI is InChI=1S/C13H16N4O/c1-2-3-11-8-12(17-16-11)13(18)15-9-10-4-6-14-7-5-10/h4-8H,2-3,9H2,1H3,(H,15,18)(H,16,17). The van der Waals surface area contributed by atoms with Crippen LogP contribution in [0.25, 0.3) is 0 Å². The fourth-order valence-corrected chi connectivity index (χ4v) is 1.65. The fourth-order valence-electron chi connectivity index (χ4n) is 1.65. The van der Waals surface area contributed by atoms with Crippen LogP contribution in [0.5, 0.6) is 0 Å². The molecule has 2 rings (SSSR count).